The normalized spacial score (nSPS) is 11.5. The van der Waals surface area contributed by atoms with Gasteiger partial charge in [-0.3, -0.25) is 9.79 Å². The first-order valence-corrected chi connectivity index (χ1v) is 9.30. The van der Waals surface area contributed by atoms with Gasteiger partial charge in [0.15, 0.2) is 11.7 Å². The number of nitrogens with zero attached hydrogens (tertiary/aromatic N) is 2. The predicted molar refractivity (Wildman–Crippen MR) is 107 cm³/mol. The van der Waals surface area contributed by atoms with E-state index >= 15 is 0 Å². The van der Waals surface area contributed by atoms with Crippen molar-refractivity contribution >= 4 is 11.9 Å². The molecule has 0 saturated heterocycles. The zero-order valence-corrected chi connectivity index (χ0v) is 16.5. The average molecular weight is 371 g/mol. The molecular formula is C20H29N5O2. The van der Waals surface area contributed by atoms with E-state index in [1.807, 2.05) is 37.3 Å². The van der Waals surface area contributed by atoms with E-state index in [-0.39, 0.29) is 5.91 Å². The molecule has 0 aliphatic heterocycles. The van der Waals surface area contributed by atoms with Crippen molar-refractivity contribution in [3.8, 4) is 0 Å². The molecule has 0 radical (unpaired) electrons. The molecule has 0 unspecified atom stereocenters. The Kier molecular flexibility index (Phi) is 7.85. The lowest BCUT2D eigenvalue weighted by Crippen LogP contribution is -2.36. The molecule has 1 heterocycles. The zero-order chi connectivity index (χ0) is 19.6. The molecule has 27 heavy (non-hydrogen) atoms. The predicted octanol–water partition coefficient (Wildman–Crippen LogP) is 2.80. The number of rotatable bonds is 8. The molecule has 7 nitrogen and oxygen atoms in total. The minimum atomic E-state index is -0.0486. The van der Waals surface area contributed by atoms with Crippen LogP contribution in [0.1, 0.15) is 60.5 Å². The zero-order valence-electron chi connectivity index (χ0n) is 16.5. The molecule has 0 aliphatic carbocycles. The van der Waals surface area contributed by atoms with Gasteiger partial charge in [0.05, 0.1) is 12.2 Å². The molecule has 1 amide bonds. The maximum Gasteiger partial charge on any atom is 0.251 e. The van der Waals surface area contributed by atoms with E-state index in [4.69, 9.17) is 4.52 Å². The summed E-state index contributed by atoms with van der Waals surface area (Å²) in [4.78, 5) is 16.3. The molecule has 0 aliphatic rings. The quantitative estimate of drug-likeness (QED) is 0.490. The van der Waals surface area contributed by atoms with Gasteiger partial charge in [0, 0.05) is 31.8 Å². The molecule has 3 N–H and O–H groups in total. The monoisotopic (exact) mass is 371 g/mol. The average Bonchev–Trinajstić information content (AvgIpc) is 3.16. The SMILES string of the molecule is CCCNC(=O)c1cccc(CNC(=NC)NCc2cc(C(C)C)no2)c1. The number of amides is 1. The molecule has 7 heteroatoms. The molecule has 0 atom stereocenters. The maximum atomic E-state index is 12.1. The largest absolute Gasteiger partial charge is 0.359 e. The Morgan fingerprint density at radius 3 is 2.63 bits per heavy atom. The van der Waals surface area contributed by atoms with E-state index in [0.717, 1.165) is 23.4 Å². The minimum absolute atomic E-state index is 0.0486. The maximum absolute atomic E-state index is 12.1. The smallest absolute Gasteiger partial charge is 0.251 e. The number of nitrogens with one attached hydrogen (secondary N) is 3. The van der Waals surface area contributed by atoms with Crippen molar-refractivity contribution in [2.45, 2.75) is 46.2 Å². The molecule has 0 spiro atoms. The van der Waals surface area contributed by atoms with Gasteiger partial charge in [-0.15, -0.1) is 0 Å². The highest BCUT2D eigenvalue weighted by molar-refractivity contribution is 5.94. The fraction of sp³-hybridized carbons (Fsp3) is 0.450. The molecule has 1 aromatic carbocycles. The molecule has 0 bridgehead atoms. The number of aliphatic imine (C=N–C) groups is 1. The third-order valence-electron chi connectivity index (χ3n) is 4.01. The van der Waals surface area contributed by atoms with Gasteiger partial charge in [0.2, 0.25) is 0 Å². The van der Waals surface area contributed by atoms with Crippen LogP contribution in [0.3, 0.4) is 0 Å². The standard InChI is InChI=1S/C20H29N5O2/c1-5-9-22-19(26)16-8-6-7-15(10-16)12-23-20(21-4)24-13-17-11-18(14(2)3)25-27-17/h6-8,10-11,14H,5,9,12-13H2,1-4H3,(H,22,26)(H2,21,23,24). The summed E-state index contributed by atoms with van der Waals surface area (Å²) in [6, 6.07) is 9.51. The van der Waals surface area contributed by atoms with Gasteiger partial charge in [0.25, 0.3) is 5.91 Å². The highest BCUT2D eigenvalue weighted by atomic mass is 16.5. The van der Waals surface area contributed by atoms with Gasteiger partial charge in [-0.25, -0.2) is 0 Å². The van der Waals surface area contributed by atoms with Crippen LogP contribution >= 0.6 is 0 Å². The van der Waals surface area contributed by atoms with E-state index < -0.39 is 0 Å². The van der Waals surface area contributed by atoms with E-state index in [9.17, 15) is 4.79 Å². The van der Waals surface area contributed by atoms with Crippen LogP contribution in [0.5, 0.6) is 0 Å². The van der Waals surface area contributed by atoms with Gasteiger partial charge in [-0.1, -0.05) is 38.1 Å². The summed E-state index contributed by atoms with van der Waals surface area (Å²) < 4.78 is 5.32. The van der Waals surface area contributed by atoms with Crippen LogP contribution in [0.15, 0.2) is 39.8 Å². The van der Waals surface area contributed by atoms with E-state index in [2.05, 4.69) is 39.9 Å². The lowest BCUT2D eigenvalue weighted by molar-refractivity contribution is 0.0953. The number of carbonyl (C=O) groups excluding carboxylic acids is 1. The Balaban J connectivity index is 1.87. The molecule has 146 valence electrons. The van der Waals surface area contributed by atoms with Crippen molar-refractivity contribution in [1.82, 2.24) is 21.1 Å². The first-order valence-electron chi connectivity index (χ1n) is 9.30. The van der Waals surface area contributed by atoms with Crippen molar-refractivity contribution in [2.75, 3.05) is 13.6 Å². The summed E-state index contributed by atoms with van der Waals surface area (Å²) in [5.41, 5.74) is 2.60. The fourth-order valence-electron chi connectivity index (χ4n) is 2.42. The fourth-order valence-corrected chi connectivity index (χ4v) is 2.42. The van der Waals surface area contributed by atoms with Crippen LogP contribution in [0.25, 0.3) is 0 Å². The van der Waals surface area contributed by atoms with Crippen molar-refractivity contribution in [1.29, 1.82) is 0 Å². The number of aromatic nitrogens is 1. The van der Waals surface area contributed by atoms with Crippen molar-refractivity contribution < 1.29 is 9.32 Å². The van der Waals surface area contributed by atoms with Crippen molar-refractivity contribution in [2.24, 2.45) is 4.99 Å². The summed E-state index contributed by atoms with van der Waals surface area (Å²) in [5, 5.41) is 13.4. The van der Waals surface area contributed by atoms with Crippen molar-refractivity contribution in [3.63, 3.8) is 0 Å². The number of carbonyl (C=O) groups is 1. The minimum Gasteiger partial charge on any atom is -0.359 e. The summed E-state index contributed by atoms with van der Waals surface area (Å²) in [7, 11) is 1.71. The number of hydrogen-bond acceptors (Lipinski definition) is 4. The molecule has 0 saturated carbocycles. The van der Waals surface area contributed by atoms with Gasteiger partial charge in [-0.2, -0.15) is 0 Å². The van der Waals surface area contributed by atoms with Gasteiger partial charge >= 0.3 is 0 Å². The van der Waals surface area contributed by atoms with Crippen molar-refractivity contribution in [3.05, 3.63) is 52.9 Å². The third kappa shape index (κ3) is 6.44. The topological polar surface area (TPSA) is 91.5 Å². The van der Waals surface area contributed by atoms with E-state index in [1.165, 1.54) is 0 Å². The first kappa shape index (κ1) is 20.5. The lowest BCUT2D eigenvalue weighted by atomic mass is 10.1. The summed E-state index contributed by atoms with van der Waals surface area (Å²) in [6.07, 6.45) is 0.916. The Labute approximate surface area is 160 Å². The highest BCUT2D eigenvalue weighted by Gasteiger charge is 2.09. The van der Waals surface area contributed by atoms with Crippen LogP contribution in [-0.4, -0.2) is 30.6 Å². The molecule has 2 rings (SSSR count). The van der Waals surface area contributed by atoms with Gasteiger partial charge in [-0.05, 0) is 30.0 Å². The summed E-state index contributed by atoms with van der Waals surface area (Å²) in [6.45, 7) is 7.92. The highest BCUT2D eigenvalue weighted by Crippen LogP contribution is 2.13. The Hall–Kier alpha value is -2.83. The van der Waals surface area contributed by atoms with Crippen LogP contribution in [0.4, 0.5) is 0 Å². The second-order valence-corrected chi connectivity index (χ2v) is 6.61. The molecular weight excluding hydrogens is 342 g/mol. The molecule has 2 aromatic rings. The first-order chi connectivity index (χ1) is 13.0. The van der Waals surface area contributed by atoms with Crippen LogP contribution in [0.2, 0.25) is 0 Å². The van der Waals surface area contributed by atoms with Gasteiger partial charge in [0.1, 0.15) is 0 Å². The Morgan fingerprint density at radius 2 is 1.96 bits per heavy atom. The van der Waals surface area contributed by atoms with Crippen LogP contribution < -0.4 is 16.0 Å². The second kappa shape index (κ2) is 10.4. The summed E-state index contributed by atoms with van der Waals surface area (Å²) in [5.74, 6) is 1.70. The molecule has 0 fully saturated rings. The molecule has 1 aromatic heterocycles. The van der Waals surface area contributed by atoms with E-state index in [0.29, 0.717) is 37.1 Å². The van der Waals surface area contributed by atoms with Crippen LogP contribution in [-0.2, 0) is 13.1 Å². The third-order valence-corrected chi connectivity index (χ3v) is 4.01. The number of guanidine groups is 1. The second-order valence-electron chi connectivity index (χ2n) is 6.61. The Morgan fingerprint density at radius 1 is 1.19 bits per heavy atom. The summed E-state index contributed by atoms with van der Waals surface area (Å²) >= 11 is 0. The van der Waals surface area contributed by atoms with E-state index in [1.54, 1.807) is 7.05 Å². The lowest BCUT2D eigenvalue weighted by Gasteiger charge is -2.11. The van der Waals surface area contributed by atoms with Crippen LogP contribution in [0, 0.1) is 0 Å². The number of benzene rings is 1. The van der Waals surface area contributed by atoms with Gasteiger partial charge < -0.3 is 20.5 Å². The number of hydrogen-bond donors (Lipinski definition) is 3. The Bertz CT molecular complexity index is 767.